The molecule has 8 aliphatic rings. The number of morpholine rings is 1. The summed E-state index contributed by atoms with van der Waals surface area (Å²) in [6.45, 7) is 25.9. The van der Waals surface area contributed by atoms with Crippen LogP contribution < -0.4 is 0 Å². The van der Waals surface area contributed by atoms with Crippen LogP contribution in [0.15, 0.2) is 0 Å². The van der Waals surface area contributed by atoms with Crippen molar-refractivity contribution in [2.24, 2.45) is 45.3 Å². The molecule has 3 aliphatic heterocycles. The smallest absolute Gasteiger partial charge is 0.170 e. The van der Waals surface area contributed by atoms with Gasteiger partial charge in [0.2, 0.25) is 0 Å². The van der Waals surface area contributed by atoms with E-state index >= 15 is 0 Å². The quantitative estimate of drug-likeness (QED) is 0.237. The molecule has 8 fully saturated rings. The normalized spacial score (nSPS) is 45.4. The molecule has 1 N–H and O–H groups in total. The maximum absolute atomic E-state index is 11.0. The fraction of sp³-hybridized carbons (Fsp3) is 1.00. The fourth-order valence-corrected chi connectivity index (χ4v) is 13.7. The van der Waals surface area contributed by atoms with Gasteiger partial charge in [0.1, 0.15) is 6.10 Å². The van der Waals surface area contributed by atoms with Crippen molar-refractivity contribution in [2.75, 3.05) is 58.7 Å². The summed E-state index contributed by atoms with van der Waals surface area (Å²) in [7, 11) is 0. The Kier molecular flexibility index (Phi) is 12.2. The van der Waals surface area contributed by atoms with Crippen molar-refractivity contribution in [1.82, 2.24) is 9.80 Å². The summed E-state index contributed by atoms with van der Waals surface area (Å²) in [5.41, 5.74) is 0.758. The lowest BCUT2D eigenvalue weighted by Crippen LogP contribution is -2.56. The molecule has 0 aromatic rings. The number of hydrogen-bond donors (Lipinski definition) is 2. The van der Waals surface area contributed by atoms with E-state index in [1.54, 1.807) is 6.26 Å². The van der Waals surface area contributed by atoms with Crippen molar-refractivity contribution in [3.63, 3.8) is 0 Å². The third-order valence-electron chi connectivity index (χ3n) is 16.1. The second-order valence-electron chi connectivity index (χ2n) is 18.8. The molecule has 0 bridgehead atoms. The highest BCUT2D eigenvalue weighted by Crippen LogP contribution is 2.87. The highest BCUT2D eigenvalue weighted by Gasteiger charge is 2.80. The first kappa shape index (κ1) is 39.8. The molecule has 12 atom stereocenters. The highest BCUT2D eigenvalue weighted by molar-refractivity contribution is 7.79. The Morgan fingerprint density at radius 3 is 2.28 bits per heavy atom. The summed E-state index contributed by atoms with van der Waals surface area (Å²) in [6, 6.07) is 0. The monoisotopic (exact) mass is 721 g/mol. The Balaban J connectivity index is 0.00000104. The van der Waals surface area contributed by atoms with Gasteiger partial charge in [-0.3, -0.25) is 4.90 Å². The minimum Gasteiger partial charge on any atom is -0.388 e. The lowest BCUT2D eigenvalue weighted by molar-refractivity contribution is -0.245. The first-order valence-corrected chi connectivity index (χ1v) is 22.0. The highest BCUT2D eigenvalue weighted by atomic mass is 32.1. The molecule has 3 saturated heterocycles. The van der Waals surface area contributed by atoms with E-state index in [1.807, 2.05) is 34.6 Å². The Labute approximate surface area is 312 Å². The zero-order valence-corrected chi connectivity index (χ0v) is 34.4. The van der Waals surface area contributed by atoms with E-state index < -0.39 is 5.60 Å². The van der Waals surface area contributed by atoms with Gasteiger partial charge in [0.25, 0.3) is 0 Å². The Morgan fingerprint density at radius 2 is 1.60 bits per heavy atom. The molecule has 10 unspecified atom stereocenters. The van der Waals surface area contributed by atoms with Gasteiger partial charge >= 0.3 is 0 Å². The lowest BCUT2D eigenvalue weighted by Gasteiger charge is -2.60. The lowest BCUT2D eigenvalue weighted by atomic mass is 9.46. The van der Waals surface area contributed by atoms with Gasteiger partial charge in [-0.1, -0.05) is 34.6 Å². The first-order chi connectivity index (χ1) is 23.9. The topological polar surface area (TPSA) is 63.6 Å². The number of aliphatic hydroxyl groups is 1. The molecule has 5 saturated carbocycles. The molecule has 3 heterocycles. The average molecular weight is 721 g/mol. The molecule has 7 nitrogen and oxygen atoms in total. The molecule has 0 aromatic heterocycles. The minimum absolute atomic E-state index is 0.00116. The predicted molar refractivity (Wildman–Crippen MR) is 206 cm³/mol. The Morgan fingerprint density at radius 1 is 0.880 bits per heavy atom. The molecule has 0 radical (unpaired) electrons. The van der Waals surface area contributed by atoms with Crippen LogP contribution in [0.1, 0.15) is 126 Å². The summed E-state index contributed by atoms with van der Waals surface area (Å²) in [6.07, 6.45) is 16.4. The van der Waals surface area contributed by atoms with Gasteiger partial charge in [-0.2, -0.15) is 12.6 Å². The SMILES string of the molecule is CC.CCOC(C1CCC2C(CC3C4CCC5C(C)(C)[C@@H](OC6CN(CCN7CCC7)CCO6)CCC56C[C@@]46CCC23C)O1)C(C)(C)O.CS. The minimum atomic E-state index is -0.892. The van der Waals surface area contributed by atoms with Crippen molar-refractivity contribution in [3.8, 4) is 0 Å². The molecule has 2 spiro atoms. The van der Waals surface area contributed by atoms with Crippen molar-refractivity contribution in [3.05, 3.63) is 0 Å². The molecule has 5 aliphatic carbocycles. The van der Waals surface area contributed by atoms with E-state index in [4.69, 9.17) is 18.9 Å². The second-order valence-corrected chi connectivity index (χ2v) is 18.8. The fourth-order valence-electron chi connectivity index (χ4n) is 13.7. The van der Waals surface area contributed by atoms with Gasteiger partial charge in [-0.05, 0) is 156 Å². The predicted octanol–water partition coefficient (Wildman–Crippen LogP) is 7.69. The standard InChI is InChI=1S/C39H66N2O5.C2H6.CH4S/c1-7-43-34(36(4,5)42)29-11-9-27-30(45-29)23-28-26-10-12-31-35(2,3)32(13-14-39(31)25-38(26,39)16-15-37(27,28)6)46-33-24-41(21-22-44-33)20-19-40-17-8-18-40;2*1-2/h26-34,42H,7-25H2,1-6H3;1-2H3;2H,1H3/t26?,27?,28?,29?,30?,31?,32-,33?,34?,37?,38-,39?;;/m0../s1. The zero-order chi connectivity index (χ0) is 36.1. The summed E-state index contributed by atoms with van der Waals surface area (Å²) in [5, 5.41) is 11.0. The van der Waals surface area contributed by atoms with Gasteiger partial charge in [0.05, 0.1) is 30.5 Å². The van der Waals surface area contributed by atoms with Crippen LogP contribution in [0.5, 0.6) is 0 Å². The van der Waals surface area contributed by atoms with Gasteiger partial charge in [0, 0.05) is 32.8 Å². The second kappa shape index (κ2) is 15.3. The average Bonchev–Trinajstić information content (AvgIpc) is 3.65. The van der Waals surface area contributed by atoms with E-state index in [0.29, 0.717) is 41.0 Å². The molecular formula is C42H76N2O5S. The maximum Gasteiger partial charge on any atom is 0.170 e. The summed E-state index contributed by atoms with van der Waals surface area (Å²) < 4.78 is 26.3. The summed E-state index contributed by atoms with van der Waals surface area (Å²) in [5.74, 6) is 3.04. The maximum atomic E-state index is 11.0. The third-order valence-corrected chi connectivity index (χ3v) is 16.1. The van der Waals surface area contributed by atoms with Crippen molar-refractivity contribution in [2.45, 2.75) is 162 Å². The van der Waals surface area contributed by atoms with Gasteiger partial charge in [0.15, 0.2) is 6.29 Å². The first-order valence-electron chi connectivity index (χ1n) is 21.1. The van der Waals surface area contributed by atoms with Crippen molar-refractivity contribution >= 4 is 12.6 Å². The van der Waals surface area contributed by atoms with Gasteiger partial charge < -0.3 is 29.0 Å². The number of likely N-dealkylation sites (tertiary alicyclic amines) is 1. The Bertz CT molecular complexity index is 1130. The van der Waals surface area contributed by atoms with Crippen LogP contribution in [-0.2, 0) is 18.9 Å². The third kappa shape index (κ3) is 6.70. The van der Waals surface area contributed by atoms with Crippen LogP contribution >= 0.6 is 12.6 Å². The van der Waals surface area contributed by atoms with E-state index in [9.17, 15) is 5.11 Å². The van der Waals surface area contributed by atoms with E-state index in [1.165, 1.54) is 83.8 Å². The van der Waals surface area contributed by atoms with Gasteiger partial charge in [-0.25, -0.2) is 0 Å². The number of ether oxygens (including phenoxy) is 4. The molecule has 50 heavy (non-hydrogen) atoms. The number of thiol groups is 1. The van der Waals surface area contributed by atoms with Gasteiger partial charge in [-0.15, -0.1) is 0 Å². The van der Waals surface area contributed by atoms with Crippen LogP contribution in [0.3, 0.4) is 0 Å². The van der Waals surface area contributed by atoms with Crippen LogP contribution in [-0.4, -0.2) is 110 Å². The Hall–Kier alpha value is 0.0700. The summed E-state index contributed by atoms with van der Waals surface area (Å²) in [4.78, 5) is 5.15. The molecule has 290 valence electrons. The van der Waals surface area contributed by atoms with Crippen LogP contribution in [0.4, 0.5) is 0 Å². The van der Waals surface area contributed by atoms with Crippen LogP contribution in [0.25, 0.3) is 0 Å². The van der Waals surface area contributed by atoms with E-state index in [2.05, 4.69) is 43.2 Å². The largest absolute Gasteiger partial charge is 0.388 e. The van der Waals surface area contributed by atoms with E-state index in [0.717, 1.165) is 50.4 Å². The molecule has 8 heteroatoms. The van der Waals surface area contributed by atoms with Crippen LogP contribution in [0.2, 0.25) is 0 Å². The molecule has 8 rings (SSSR count). The van der Waals surface area contributed by atoms with Crippen LogP contribution in [0, 0.1) is 45.3 Å². The molecule has 0 amide bonds. The number of hydrogen-bond acceptors (Lipinski definition) is 8. The summed E-state index contributed by atoms with van der Waals surface area (Å²) >= 11 is 3.53. The zero-order valence-electron chi connectivity index (χ0n) is 33.6. The van der Waals surface area contributed by atoms with Crippen molar-refractivity contribution < 1.29 is 24.1 Å². The van der Waals surface area contributed by atoms with E-state index in [-0.39, 0.29) is 23.9 Å². The number of rotatable bonds is 9. The molecule has 0 aromatic carbocycles. The van der Waals surface area contributed by atoms with Crippen molar-refractivity contribution in [1.29, 1.82) is 0 Å². The molecular weight excluding hydrogens is 645 g/mol. The number of fused-ring (bicyclic) bond motifs is 4. The number of nitrogens with zero attached hydrogens (tertiary/aromatic N) is 2.